The maximum absolute atomic E-state index is 12.9. The monoisotopic (exact) mass is 328 g/mol. The molecule has 2 atom stereocenters. The Morgan fingerprint density at radius 3 is 2.22 bits per heavy atom. The number of ether oxygens (including phenoxy) is 1. The predicted molar refractivity (Wildman–Crippen MR) is 85.2 cm³/mol. The number of alkyl carbamates (subject to hydrolysis) is 1. The van der Waals surface area contributed by atoms with Crippen molar-refractivity contribution in [2.75, 3.05) is 6.54 Å². The second-order valence-corrected chi connectivity index (χ2v) is 7.33. The first-order chi connectivity index (χ1) is 10.5. The van der Waals surface area contributed by atoms with Crippen molar-refractivity contribution in [3.05, 3.63) is 0 Å². The Labute approximate surface area is 137 Å². The molecule has 0 radical (unpaired) electrons. The highest BCUT2D eigenvalue weighted by atomic mass is 16.6. The average Bonchev–Trinajstić information content (AvgIpc) is 2.42. The van der Waals surface area contributed by atoms with E-state index in [0.29, 0.717) is 13.0 Å². The van der Waals surface area contributed by atoms with Crippen LogP contribution >= 0.6 is 0 Å². The number of amides is 1. The first-order valence-electron chi connectivity index (χ1n) is 8.02. The number of Topliss-reactive ketones (excluding diaryl/α,β-unsaturated/α-hetero) is 1. The highest BCUT2D eigenvalue weighted by Crippen LogP contribution is 2.24. The van der Waals surface area contributed by atoms with Crippen molar-refractivity contribution in [1.29, 1.82) is 0 Å². The highest BCUT2D eigenvalue weighted by Gasteiger charge is 2.50. The molecule has 1 rings (SSSR count). The van der Waals surface area contributed by atoms with Crippen LogP contribution in [0.15, 0.2) is 0 Å². The Kier molecular flexibility index (Phi) is 6.16. The van der Waals surface area contributed by atoms with E-state index in [-0.39, 0.29) is 12.3 Å². The van der Waals surface area contributed by atoms with Gasteiger partial charge in [0, 0.05) is 0 Å². The normalized spacial score (nSPS) is 23.2. The number of nitrogens with one attached hydrogen (secondary N) is 2. The largest absolute Gasteiger partial charge is 0.480 e. The molecule has 0 saturated carbocycles. The maximum atomic E-state index is 12.9. The van der Waals surface area contributed by atoms with Gasteiger partial charge >= 0.3 is 12.1 Å². The average molecular weight is 328 g/mol. The quantitative estimate of drug-likeness (QED) is 0.664. The van der Waals surface area contributed by atoms with Crippen molar-refractivity contribution in [1.82, 2.24) is 10.6 Å². The molecule has 1 amide bonds. The van der Waals surface area contributed by atoms with Gasteiger partial charge in [-0.05, 0) is 52.5 Å². The first kappa shape index (κ1) is 19.4. The van der Waals surface area contributed by atoms with Gasteiger partial charge in [-0.25, -0.2) is 9.59 Å². The molecule has 0 spiro atoms. The second-order valence-electron chi connectivity index (χ2n) is 7.33. The molecule has 1 fully saturated rings. The number of carbonyl (C=O) groups is 3. The summed E-state index contributed by atoms with van der Waals surface area (Å²) >= 11 is 0. The molecule has 3 N–H and O–H groups in total. The van der Waals surface area contributed by atoms with Gasteiger partial charge in [-0.3, -0.25) is 10.1 Å². The molecule has 132 valence electrons. The molecule has 1 aliphatic heterocycles. The zero-order chi connectivity index (χ0) is 17.8. The van der Waals surface area contributed by atoms with Crippen LogP contribution in [0.25, 0.3) is 0 Å². The molecule has 1 unspecified atom stereocenters. The molecule has 1 saturated heterocycles. The summed E-state index contributed by atoms with van der Waals surface area (Å²) in [5, 5.41) is 15.0. The number of ketones is 1. The fraction of sp³-hybridized carbons (Fsp3) is 0.812. The summed E-state index contributed by atoms with van der Waals surface area (Å²) in [5.41, 5.74) is -2.33. The van der Waals surface area contributed by atoms with Crippen LogP contribution in [0.5, 0.6) is 0 Å². The van der Waals surface area contributed by atoms with E-state index < -0.39 is 35.0 Å². The van der Waals surface area contributed by atoms with Crippen molar-refractivity contribution in [3.63, 3.8) is 0 Å². The minimum absolute atomic E-state index is 0.223. The van der Waals surface area contributed by atoms with Crippen LogP contribution < -0.4 is 10.6 Å². The van der Waals surface area contributed by atoms with E-state index in [1.165, 1.54) is 0 Å². The predicted octanol–water partition coefficient (Wildman–Crippen LogP) is 1.70. The van der Waals surface area contributed by atoms with Crippen molar-refractivity contribution >= 4 is 17.8 Å². The number of aliphatic carboxylic acids is 1. The third-order valence-corrected chi connectivity index (χ3v) is 3.81. The Morgan fingerprint density at radius 1 is 1.22 bits per heavy atom. The Balaban J connectivity index is 2.97. The van der Waals surface area contributed by atoms with Crippen molar-refractivity contribution < 1.29 is 24.2 Å². The van der Waals surface area contributed by atoms with Gasteiger partial charge in [0.1, 0.15) is 5.60 Å². The first-order valence-corrected chi connectivity index (χ1v) is 8.02. The Morgan fingerprint density at radius 2 is 1.83 bits per heavy atom. The molecule has 1 aliphatic rings. The van der Waals surface area contributed by atoms with Gasteiger partial charge in [-0.15, -0.1) is 0 Å². The van der Waals surface area contributed by atoms with Gasteiger partial charge in [0.15, 0.2) is 11.3 Å². The lowest BCUT2D eigenvalue weighted by Crippen LogP contribution is -2.66. The molecule has 0 aliphatic carbocycles. The smallest absolute Gasteiger partial charge is 0.408 e. The number of carboxylic acid groups (broad SMARTS) is 1. The lowest BCUT2D eigenvalue weighted by molar-refractivity contribution is -0.152. The molecule has 0 aromatic carbocycles. The number of rotatable bonds is 5. The van der Waals surface area contributed by atoms with Gasteiger partial charge in [0.2, 0.25) is 0 Å². The number of hydrogen-bond donors (Lipinski definition) is 3. The van der Waals surface area contributed by atoms with E-state index in [4.69, 9.17) is 4.74 Å². The summed E-state index contributed by atoms with van der Waals surface area (Å²) in [6.45, 7) is 9.16. The van der Waals surface area contributed by atoms with E-state index in [9.17, 15) is 19.5 Å². The van der Waals surface area contributed by atoms with Crippen LogP contribution in [-0.2, 0) is 14.3 Å². The van der Waals surface area contributed by atoms with E-state index in [1.807, 2.05) is 0 Å². The number of hydrogen-bond acceptors (Lipinski definition) is 5. The zero-order valence-corrected chi connectivity index (χ0v) is 14.6. The van der Waals surface area contributed by atoms with Crippen molar-refractivity contribution in [3.8, 4) is 0 Å². The fourth-order valence-corrected chi connectivity index (χ4v) is 2.64. The summed E-state index contributed by atoms with van der Waals surface area (Å²) in [7, 11) is 0. The second kappa shape index (κ2) is 7.29. The molecule has 0 aromatic rings. The third kappa shape index (κ3) is 4.92. The Hall–Kier alpha value is -1.63. The SMILES string of the molecule is CC(C)[C@H](NC(=O)OC(C)(C)C)C(=O)C1(C(=O)O)CCCCN1. The van der Waals surface area contributed by atoms with Crippen LogP contribution in [0.1, 0.15) is 53.9 Å². The molecule has 0 aromatic heterocycles. The van der Waals surface area contributed by atoms with Crippen LogP contribution in [0.3, 0.4) is 0 Å². The molecule has 7 heteroatoms. The molecule has 7 nitrogen and oxygen atoms in total. The number of carboxylic acids is 1. The molecular formula is C16H28N2O5. The van der Waals surface area contributed by atoms with Gasteiger partial charge in [0.05, 0.1) is 6.04 Å². The van der Waals surface area contributed by atoms with Crippen LogP contribution in [0.4, 0.5) is 4.79 Å². The van der Waals surface area contributed by atoms with E-state index in [0.717, 1.165) is 6.42 Å². The van der Waals surface area contributed by atoms with E-state index >= 15 is 0 Å². The fourth-order valence-electron chi connectivity index (χ4n) is 2.64. The lowest BCUT2D eigenvalue weighted by atomic mass is 9.79. The number of carbonyl (C=O) groups excluding carboxylic acids is 2. The minimum Gasteiger partial charge on any atom is -0.480 e. The highest BCUT2D eigenvalue weighted by molar-refractivity contribution is 6.11. The van der Waals surface area contributed by atoms with Gasteiger partial charge in [0.25, 0.3) is 0 Å². The lowest BCUT2D eigenvalue weighted by Gasteiger charge is -2.37. The Bertz CT molecular complexity index is 462. The third-order valence-electron chi connectivity index (χ3n) is 3.81. The summed E-state index contributed by atoms with van der Waals surface area (Å²) in [5.74, 6) is -1.97. The zero-order valence-electron chi connectivity index (χ0n) is 14.6. The standard InChI is InChI=1S/C16H28N2O5/c1-10(2)11(18-14(22)23-15(3,4)5)12(19)16(13(20)21)8-6-7-9-17-16/h10-11,17H,6-9H2,1-5H3,(H,18,22)(H,20,21)/t11-,16?/m0/s1. The summed E-state index contributed by atoms with van der Waals surface area (Å²) < 4.78 is 5.18. The molecular weight excluding hydrogens is 300 g/mol. The van der Waals surface area contributed by atoms with Crippen LogP contribution in [0, 0.1) is 5.92 Å². The van der Waals surface area contributed by atoms with Crippen molar-refractivity contribution in [2.24, 2.45) is 5.92 Å². The molecule has 23 heavy (non-hydrogen) atoms. The topological polar surface area (TPSA) is 105 Å². The van der Waals surface area contributed by atoms with Crippen molar-refractivity contribution in [2.45, 2.75) is 71.1 Å². The summed E-state index contributed by atoms with van der Waals surface area (Å²) in [4.78, 5) is 36.6. The van der Waals surface area contributed by atoms with E-state index in [2.05, 4.69) is 10.6 Å². The summed E-state index contributed by atoms with van der Waals surface area (Å²) in [6, 6.07) is -0.924. The maximum Gasteiger partial charge on any atom is 0.408 e. The van der Waals surface area contributed by atoms with Crippen LogP contribution in [0.2, 0.25) is 0 Å². The van der Waals surface area contributed by atoms with E-state index in [1.54, 1.807) is 34.6 Å². The van der Waals surface area contributed by atoms with Gasteiger partial charge in [-0.2, -0.15) is 0 Å². The minimum atomic E-state index is -1.64. The van der Waals surface area contributed by atoms with Gasteiger partial charge in [-0.1, -0.05) is 13.8 Å². The molecule has 1 heterocycles. The summed E-state index contributed by atoms with van der Waals surface area (Å²) in [6.07, 6.45) is 0.984. The van der Waals surface area contributed by atoms with Gasteiger partial charge < -0.3 is 15.2 Å². The van der Waals surface area contributed by atoms with Crippen LogP contribution in [-0.4, -0.2) is 46.7 Å². The molecule has 0 bridgehead atoms. The number of piperidine rings is 1.